The van der Waals surface area contributed by atoms with E-state index in [-0.39, 0.29) is 41.9 Å². The van der Waals surface area contributed by atoms with Crippen molar-refractivity contribution in [2.75, 3.05) is 53.2 Å². The third-order valence-electron chi connectivity index (χ3n) is 5.64. The number of esters is 2. The largest absolute Gasteiger partial charge is 0.493 e. The van der Waals surface area contributed by atoms with Crippen LogP contribution in [0.25, 0.3) is 0 Å². The second-order valence-corrected chi connectivity index (χ2v) is 7.99. The normalized spacial score (nSPS) is 13.2. The van der Waals surface area contributed by atoms with Crippen LogP contribution in [0.5, 0.6) is 11.5 Å². The molecule has 0 spiro atoms. The molecule has 0 unspecified atom stereocenters. The van der Waals surface area contributed by atoms with Crippen LogP contribution >= 0.6 is 0 Å². The summed E-state index contributed by atoms with van der Waals surface area (Å²) in [6.45, 7) is 6.47. The van der Waals surface area contributed by atoms with Gasteiger partial charge in [-0.25, -0.2) is 9.59 Å². The Morgan fingerprint density at radius 1 is 1.00 bits per heavy atom. The summed E-state index contributed by atoms with van der Waals surface area (Å²) in [5.41, 5.74) is 1.53. The van der Waals surface area contributed by atoms with Crippen LogP contribution in [-0.4, -0.2) is 86.7 Å². The minimum atomic E-state index is -0.746. The Bertz CT molecular complexity index is 1130. The molecule has 0 bridgehead atoms. The highest BCUT2D eigenvalue weighted by molar-refractivity contribution is 6.03. The van der Waals surface area contributed by atoms with Gasteiger partial charge >= 0.3 is 11.9 Å². The van der Waals surface area contributed by atoms with Crippen molar-refractivity contribution in [3.05, 3.63) is 46.3 Å². The van der Waals surface area contributed by atoms with Crippen molar-refractivity contribution in [1.82, 2.24) is 9.88 Å². The van der Waals surface area contributed by atoms with Crippen LogP contribution in [0.4, 0.5) is 0 Å². The number of amides is 1. The Balaban J connectivity index is 1.60. The summed E-state index contributed by atoms with van der Waals surface area (Å²) in [5, 5.41) is 0. The van der Waals surface area contributed by atoms with Gasteiger partial charge in [0.25, 0.3) is 5.91 Å². The van der Waals surface area contributed by atoms with E-state index in [1.54, 1.807) is 25.7 Å². The molecule has 36 heavy (non-hydrogen) atoms. The van der Waals surface area contributed by atoms with Gasteiger partial charge in [-0.1, -0.05) is 0 Å². The number of carbonyl (C=O) groups is 4. The predicted molar refractivity (Wildman–Crippen MR) is 127 cm³/mol. The molecule has 1 saturated heterocycles. The fraction of sp³-hybridized carbons (Fsp3) is 0.440. The predicted octanol–water partition coefficient (Wildman–Crippen LogP) is 2.09. The summed E-state index contributed by atoms with van der Waals surface area (Å²) in [5.74, 6) is -1.42. The zero-order chi connectivity index (χ0) is 26.2. The van der Waals surface area contributed by atoms with E-state index in [1.807, 2.05) is 0 Å². The minimum Gasteiger partial charge on any atom is -0.493 e. The second kappa shape index (κ2) is 12.2. The van der Waals surface area contributed by atoms with Gasteiger partial charge < -0.3 is 33.6 Å². The Hall–Kier alpha value is -3.86. The molecular formula is C25H30N2O9. The smallest absolute Gasteiger partial charge is 0.340 e. The summed E-state index contributed by atoms with van der Waals surface area (Å²) in [6.07, 6.45) is 0. The van der Waals surface area contributed by atoms with E-state index in [2.05, 4.69) is 4.98 Å². The summed E-state index contributed by atoms with van der Waals surface area (Å²) in [7, 11) is 1.40. The molecule has 1 aromatic heterocycles. The number of benzene rings is 1. The highest BCUT2D eigenvalue weighted by Gasteiger charge is 2.24. The monoisotopic (exact) mass is 502 g/mol. The first-order valence-electron chi connectivity index (χ1n) is 11.5. The average molecular weight is 503 g/mol. The van der Waals surface area contributed by atoms with Crippen molar-refractivity contribution in [2.24, 2.45) is 0 Å². The van der Waals surface area contributed by atoms with Crippen molar-refractivity contribution in [3.63, 3.8) is 0 Å². The average Bonchev–Trinajstić information content (AvgIpc) is 3.19. The van der Waals surface area contributed by atoms with Gasteiger partial charge in [-0.2, -0.15) is 0 Å². The number of ether oxygens (including phenoxy) is 5. The fourth-order valence-corrected chi connectivity index (χ4v) is 3.78. The van der Waals surface area contributed by atoms with Crippen molar-refractivity contribution in [2.45, 2.75) is 20.8 Å². The molecule has 194 valence electrons. The number of nitrogens with one attached hydrogen (secondary N) is 1. The second-order valence-electron chi connectivity index (χ2n) is 7.99. The van der Waals surface area contributed by atoms with E-state index < -0.39 is 24.3 Å². The van der Waals surface area contributed by atoms with Gasteiger partial charge in [0.2, 0.25) is 5.78 Å². The number of carbonyl (C=O) groups excluding carboxylic acids is 4. The topological polar surface area (TPSA) is 133 Å². The third kappa shape index (κ3) is 6.22. The number of aromatic nitrogens is 1. The van der Waals surface area contributed by atoms with Crippen molar-refractivity contribution >= 4 is 23.6 Å². The van der Waals surface area contributed by atoms with E-state index in [0.29, 0.717) is 43.1 Å². The minimum absolute atomic E-state index is 0.137. The lowest BCUT2D eigenvalue weighted by atomic mass is 10.1. The van der Waals surface area contributed by atoms with Gasteiger partial charge in [-0.15, -0.1) is 0 Å². The molecule has 1 aliphatic rings. The number of hydrogen-bond acceptors (Lipinski definition) is 9. The number of H-pyrrole nitrogens is 1. The number of ketones is 1. The SMILES string of the molecule is CCOC(=O)c1c(C)[nH]c(C(=O)COC(=O)c2ccc(OCC(=O)N3CCOCC3)c(OC)c2)c1C. The lowest BCUT2D eigenvalue weighted by Gasteiger charge is -2.26. The first-order chi connectivity index (χ1) is 17.3. The molecule has 0 aliphatic carbocycles. The number of aromatic amines is 1. The lowest BCUT2D eigenvalue weighted by Crippen LogP contribution is -2.43. The number of morpholine rings is 1. The molecule has 1 N–H and O–H groups in total. The van der Waals surface area contributed by atoms with E-state index in [1.165, 1.54) is 25.3 Å². The van der Waals surface area contributed by atoms with Crippen molar-refractivity contribution < 1.29 is 42.9 Å². The molecule has 11 heteroatoms. The first-order valence-corrected chi connectivity index (χ1v) is 11.5. The highest BCUT2D eigenvalue weighted by atomic mass is 16.5. The summed E-state index contributed by atoms with van der Waals surface area (Å²) < 4.78 is 26.3. The van der Waals surface area contributed by atoms with E-state index >= 15 is 0 Å². The molecule has 2 aromatic rings. The van der Waals surface area contributed by atoms with E-state index in [9.17, 15) is 19.2 Å². The third-order valence-corrected chi connectivity index (χ3v) is 5.64. The van der Waals surface area contributed by atoms with Crippen LogP contribution in [0, 0.1) is 13.8 Å². The number of rotatable bonds is 10. The number of aryl methyl sites for hydroxylation is 1. The summed E-state index contributed by atoms with van der Waals surface area (Å²) in [4.78, 5) is 54.2. The quantitative estimate of drug-likeness (QED) is 0.383. The van der Waals surface area contributed by atoms with Gasteiger partial charge in [0.1, 0.15) is 0 Å². The van der Waals surface area contributed by atoms with Crippen LogP contribution in [0.1, 0.15) is 49.4 Å². The maximum absolute atomic E-state index is 12.7. The van der Waals surface area contributed by atoms with Gasteiger partial charge in [0, 0.05) is 18.8 Å². The van der Waals surface area contributed by atoms with E-state index in [0.717, 1.165) is 0 Å². The molecule has 0 saturated carbocycles. The van der Waals surface area contributed by atoms with Crippen LogP contribution in [0.2, 0.25) is 0 Å². The van der Waals surface area contributed by atoms with Crippen molar-refractivity contribution in [3.8, 4) is 11.5 Å². The zero-order valence-electron chi connectivity index (χ0n) is 20.8. The van der Waals surface area contributed by atoms with Gasteiger partial charge in [-0.3, -0.25) is 9.59 Å². The van der Waals surface area contributed by atoms with Gasteiger partial charge in [0.15, 0.2) is 24.7 Å². The molecule has 1 amide bonds. The zero-order valence-corrected chi connectivity index (χ0v) is 20.8. The maximum Gasteiger partial charge on any atom is 0.340 e. The Morgan fingerprint density at radius 2 is 1.72 bits per heavy atom. The molecule has 1 aromatic carbocycles. The molecular weight excluding hydrogens is 472 g/mol. The summed E-state index contributed by atoms with van der Waals surface area (Å²) >= 11 is 0. The number of methoxy groups -OCH3 is 1. The number of Topliss-reactive ketones (excluding diaryl/α,β-unsaturated/α-hetero) is 1. The molecule has 1 fully saturated rings. The van der Waals surface area contributed by atoms with Crippen LogP contribution < -0.4 is 9.47 Å². The number of nitrogens with zero attached hydrogens (tertiary/aromatic N) is 1. The molecule has 2 heterocycles. The number of hydrogen-bond donors (Lipinski definition) is 1. The van der Waals surface area contributed by atoms with Crippen LogP contribution in [-0.2, 0) is 19.0 Å². The fourth-order valence-electron chi connectivity index (χ4n) is 3.78. The summed E-state index contributed by atoms with van der Waals surface area (Å²) in [6, 6.07) is 4.35. The maximum atomic E-state index is 12.7. The van der Waals surface area contributed by atoms with Gasteiger partial charge in [0.05, 0.1) is 43.8 Å². The van der Waals surface area contributed by atoms with E-state index in [4.69, 9.17) is 23.7 Å². The lowest BCUT2D eigenvalue weighted by molar-refractivity contribution is -0.137. The Morgan fingerprint density at radius 3 is 2.39 bits per heavy atom. The van der Waals surface area contributed by atoms with Crippen molar-refractivity contribution in [1.29, 1.82) is 0 Å². The Labute approximate surface area is 208 Å². The molecule has 0 radical (unpaired) electrons. The van der Waals surface area contributed by atoms with Crippen LogP contribution in [0.3, 0.4) is 0 Å². The molecule has 11 nitrogen and oxygen atoms in total. The standard InChI is InChI=1S/C25H30N2O9/c1-5-34-25(31)22-15(2)23(26-16(22)3)18(28)13-36-24(30)17-6-7-19(20(12-17)32-4)35-14-21(29)27-8-10-33-11-9-27/h6-7,12,26H,5,8-11,13-14H2,1-4H3. The molecule has 0 atom stereocenters. The Kier molecular flexibility index (Phi) is 9.07. The molecule has 1 aliphatic heterocycles. The first kappa shape index (κ1) is 26.7. The van der Waals surface area contributed by atoms with Gasteiger partial charge in [-0.05, 0) is 44.5 Å². The molecule has 3 rings (SSSR count). The van der Waals surface area contributed by atoms with Crippen LogP contribution in [0.15, 0.2) is 18.2 Å². The highest BCUT2D eigenvalue weighted by Crippen LogP contribution is 2.28.